The Kier molecular flexibility index (Phi) is 6.35. The molecule has 2 N–H and O–H groups in total. The average Bonchev–Trinajstić information content (AvgIpc) is 2.98. The molecule has 3 aromatic rings. The predicted octanol–water partition coefficient (Wildman–Crippen LogP) is 5.61. The van der Waals surface area contributed by atoms with Gasteiger partial charge in [0.25, 0.3) is 5.69 Å². The highest BCUT2D eigenvalue weighted by Gasteiger charge is 2.12. The first-order valence-electron chi connectivity index (χ1n) is 7.82. The van der Waals surface area contributed by atoms with Gasteiger partial charge in [-0.05, 0) is 36.5 Å². The second kappa shape index (κ2) is 8.74. The number of nitro benzene ring substituents is 1. The lowest BCUT2D eigenvalue weighted by Crippen LogP contribution is -2.19. The van der Waals surface area contributed by atoms with Gasteiger partial charge >= 0.3 is 0 Å². The molecule has 0 saturated heterocycles. The number of halogens is 3. The summed E-state index contributed by atoms with van der Waals surface area (Å²) in [5, 5.41) is 22.5. The number of non-ortho nitro benzene ring substituents is 1. The number of aromatic nitrogens is 2. The van der Waals surface area contributed by atoms with Crippen molar-refractivity contribution >= 4 is 69.3 Å². The zero-order valence-electron chi connectivity index (χ0n) is 14.0. The summed E-state index contributed by atoms with van der Waals surface area (Å²) in [4.78, 5) is 10.2. The summed E-state index contributed by atoms with van der Waals surface area (Å²) >= 11 is 23.8. The van der Waals surface area contributed by atoms with Crippen molar-refractivity contribution in [2.24, 2.45) is 0 Å². The van der Waals surface area contributed by atoms with Crippen LogP contribution in [0.4, 0.5) is 17.2 Å². The molecule has 0 fully saturated rings. The van der Waals surface area contributed by atoms with E-state index in [2.05, 4.69) is 15.7 Å². The maximum Gasteiger partial charge on any atom is 0.269 e. The first-order valence-corrected chi connectivity index (χ1v) is 9.36. The highest BCUT2D eigenvalue weighted by Crippen LogP contribution is 2.27. The van der Waals surface area contributed by atoms with Crippen molar-refractivity contribution in [3.8, 4) is 0 Å². The molecule has 1 aromatic heterocycles. The number of nitrogens with one attached hydrogen (secondary N) is 2. The van der Waals surface area contributed by atoms with Gasteiger partial charge < -0.3 is 10.6 Å². The third-order valence-corrected chi connectivity index (χ3v) is 4.86. The fourth-order valence-electron chi connectivity index (χ4n) is 2.34. The third-order valence-electron chi connectivity index (χ3n) is 3.67. The van der Waals surface area contributed by atoms with Gasteiger partial charge in [-0.15, -0.1) is 0 Å². The molecule has 0 unspecified atom stereocenters. The number of thiocarbonyl (C=S) groups is 1. The highest BCUT2D eigenvalue weighted by atomic mass is 35.5. The van der Waals surface area contributed by atoms with Crippen LogP contribution in [0.25, 0.3) is 0 Å². The lowest BCUT2D eigenvalue weighted by Gasteiger charge is -2.09. The molecule has 0 atom stereocenters. The number of anilines is 2. The molecular formula is C17H12Cl3N5O2S. The third kappa shape index (κ3) is 4.90. The molecule has 1 heterocycles. The van der Waals surface area contributed by atoms with E-state index < -0.39 is 4.92 Å². The van der Waals surface area contributed by atoms with Gasteiger partial charge in [-0.3, -0.25) is 14.8 Å². The molecule has 0 aliphatic carbocycles. The van der Waals surface area contributed by atoms with Crippen LogP contribution in [0.1, 0.15) is 5.56 Å². The molecule has 0 radical (unpaired) electrons. The van der Waals surface area contributed by atoms with E-state index in [9.17, 15) is 10.1 Å². The molecule has 3 rings (SSSR count). The summed E-state index contributed by atoms with van der Waals surface area (Å²) in [7, 11) is 0. The lowest BCUT2D eigenvalue weighted by molar-refractivity contribution is -0.384. The smallest absolute Gasteiger partial charge is 0.269 e. The topological polar surface area (TPSA) is 85.0 Å². The number of hydrogen-bond acceptors (Lipinski definition) is 4. The summed E-state index contributed by atoms with van der Waals surface area (Å²) < 4.78 is 1.59. The van der Waals surface area contributed by atoms with Gasteiger partial charge in [0.05, 0.1) is 11.5 Å². The standard InChI is InChI=1S/C17H12Cl3N5O2S/c18-13-2-1-3-14(19)12(13)8-24-9-15(20)16(23-24)22-17(28)21-10-4-6-11(7-5-10)25(26)27/h1-7,9H,8H2,(H2,21,22,23,28). The van der Waals surface area contributed by atoms with Crippen LogP contribution in [0.5, 0.6) is 0 Å². The average molecular weight is 457 g/mol. The van der Waals surface area contributed by atoms with Crippen molar-refractivity contribution in [1.29, 1.82) is 0 Å². The maximum atomic E-state index is 10.7. The van der Waals surface area contributed by atoms with E-state index in [4.69, 9.17) is 47.0 Å². The van der Waals surface area contributed by atoms with Crippen molar-refractivity contribution in [2.45, 2.75) is 6.54 Å². The predicted molar refractivity (Wildman–Crippen MR) is 116 cm³/mol. The monoisotopic (exact) mass is 455 g/mol. The molecule has 0 amide bonds. The van der Waals surface area contributed by atoms with Crippen molar-refractivity contribution < 1.29 is 4.92 Å². The summed E-state index contributed by atoms with van der Waals surface area (Å²) in [6.07, 6.45) is 1.62. The Balaban J connectivity index is 1.67. The van der Waals surface area contributed by atoms with E-state index in [0.717, 1.165) is 5.56 Å². The Morgan fingerprint density at radius 2 is 1.71 bits per heavy atom. The van der Waals surface area contributed by atoms with Crippen LogP contribution < -0.4 is 10.6 Å². The molecule has 0 spiro atoms. The SMILES string of the molecule is O=[N+]([O-])c1ccc(NC(=S)Nc2nn(Cc3c(Cl)cccc3Cl)cc2Cl)cc1. The van der Waals surface area contributed by atoms with E-state index in [-0.39, 0.29) is 10.8 Å². The fourth-order valence-corrected chi connectivity index (χ4v) is 3.27. The Morgan fingerprint density at radius 3 is 2.32 bits per heavy atom. The molecule has 2 aromatic carbocycles. The van der Waals surface area contributed by atoms with Crippen LogP contribution in [0.15, 0.2) is 48.7 Å². The number of hydrogen-bond donors (Lipinski definition) is 2. The molecule has 0 bridgehead atoms. The minimum atomic E-state index is -0.474. The van der Waals surface area contributed by atoms with Gasteiger partial charge in [0.15, 0.2) is 10.9 Å². The Morgan fingerprint density at radius 1 is 1.07 bits per heavy atom. The zero-order valence-corrected chi connectivity index (χ0v) is 17.1. The van der Waals surface area contributed by atoms with Crippen LogP contribution in [0.2, 0.25) is 15.1 Å². The van der Waals surface area contributed by atoms with E-state index in [1.54, 1.807) is 41.2 Å². The van der Waals surface area contributed by atoms with Gasteiger partial charge in [0, 0.05) is 39.6 Å². The molecule has 0 aliphatic rings. The van der Waals surface area contributed by atoms with Crippen molar-refractivity contribution in [2.75, 3.05) is 10.6 Å². The number of rotatable bonds is 5. The highest BCUT2D eigenvalue weighted by molar-refractivity contribution is 7.80. The molecule has 144 valence electrons. The molecule has 0 saturated carbocycles. The van der Waals surface area contributed by atoms with Gasteiger partial charge in [-0.25, -0.2) is 0 Å². The molecular weight excluding hydrogens is 445 g/mol. The number of benzene rings is 2. The second-order valence-electron chi connectivity index (χ2n) is 5.61. The number of nitrogens with zero attached hydrogens (tertiary/aromatic N) is 3. The normalized spacial score (nSPS) is 10.5. The van der Waals surface area contributed by atoms with Crippen molar-refractivity contribution in [3.63, 3.8) is 0 Å². The zero-order chi connectivity index (χ0) is 20.3. The van der Waals surface area contributed by atoms with E-state index in [1.807, 2.05) is 0 Å². The summed E-state index contributed by atoms with van der Waals surface area (Å²) in [6, 6.07) is 11.1. The van der Waals surface area contributed by atoms with Crippen LogP contribution in [0, 0.1) is 10.1 Å². The van der Waals surface area contributed by atoms with E-state index in [0.29, 0.717) is 33.1 Å². The quantitative estimate of drug-likeness (QED) is 0.295. The molecule has 7 nitrogen and oxygen atoms in total. The largest absolute Gasteiger partial charge is 0.332 e. The second-order valence-corrected chi connectivity index (χ2v) is 7.24. The van der Waals surface area contributed by atoms with Crippen molar-refractivity contribution in [1.82, 2.24) is 9.78 Å². The van der Waals surface area contributed by atoms with Gasteiger partial charge in [-0.1, -0.05) is 40.9 Å². The Bertz CT molecular complexity index is 1020. The van der Waals surface area contributed by atoms with Crippen LogP contribution in [-0.2, 0) is 6.54 Å². The Labute approximate surface area is 180 Å². The van der Waals surface area contributed by atoms with Crippen LogP contribution >= 0.6 is 47.0 Å². The lowest BCUT2D eigenvalue weighted by atomic mass is 10.2. The first-order chi connectivity index (χ1) is 13.3. The fraction of sp³-hybridized carbons (Fsp3) is 0.0588. The van der Waals surface area contributed by atoms with Gasteiger partial charge in [0.1, 0.15) is 5.02 Å². The summed E-state index contributed by atoms with van der Waals surface area (Å²) in [5.74, 6) is 0.351. The molecule has 0 aliphatic heterocycles. The minimum absolute atomic E-state index is 0.00977. The maximum absolute atomic E-state index is 10.7. The first kappa shape index (κ1) is 20.3. The Hall–Kier alpha value is -2.39. The molecule has 11 heteroatoms. The van der Waals surface area contributed by atoms with Crippen LogP contribution in [-0.4, -0.2) is 19.8 Å². The van der Waals surface area contributed by atoms with E-state index in [1.165, 1.54) is 12.1 Å². The van der Waals surface area contributed by atoms with Crippen molar-refractivity contribution in [3.05, 3.63) is 79.4 Å². The summed E-state index contributed by atoms with van der Waals surface area (Å²) in [6.45, 7) is 0.336. The minimum Gasteiger partial charge on any atom is -0.332 e. The molecule has 28 heavy (non-hydrogen) atoms. The van der Waals surface area contributed by atoms with Crippen LogP contribution in [0.3, 0.4) is 0 Å². The summed E-state index contributed by atoms with van der Waals surface area (Å²) in [5.41, 5.74) is 1.30. The van der Waals surface area contributed by atoms with E-state index >= 15 is 0 Å². The number of nitro groups is 1. The van der Waals surface area contributed by atoms with Gasteiger partial charge in [-0.2, -0.15) is 5.10 Å². The van der Waals surface area contributed by atoms with Gasteiger partial charge in [0.2, 0.25) is 0 Å².